The fourth-order valence-electron chi connectivity index (χ4n) is 2.51. The summed E-state index contributed by atoms with van der Waals surface area (Å²) in [5.74, 6) is -0.491. The molecule has 9 heteroatoms. The number of nitro benzene ring substituents is 2. The summed E-state index contributed by atoms with van der Waals surface area (Å²) in [5.41, 5.74) is 4.25. The molecule has 0 aromatic heterocycles. The summed E-state index contributed by atoms with van der Waals surface area (Å²) in [4.78, 5) is 32.8. The van der Waals surface area contributed by atoms with Crippen molar-refractivity contribution in [2.45, 2.75) is 0 Å². The summed E-state index contributed by atoms with van der Waals surface area (Å²) in [5, 5.41) is 23.5. The third kappa shape index (κ3) is 3.26. The highest BCUT2D eigenvalue weighted by molar-refractivity contribution is 6.07. The molecule has 0 aliphatic rings. The van der Waals surface area contributed by atoms with Crippen molar-refractivity contribution in [3.63, 3.8) is 0 Å². The van der Waals surface area contributed by atoms with Gasteiger partial charge in [-0.05, 0) is 22.9 Å². The number of hydrogen-bond donors (Lipinski definition) is 2. The second-order valence-electron chi connectivity index (χ2n) is 5.32. The van der Waals surface area contributed by atoms with Gasteiger partial charge in [0.1, 0.15) is 5.69 Å². The van der Waals surface area contributed by atoms with E-state index in [4.69, 9.17) is 0 Å². The summed E-state index contributed by atoms with van der Waals surface area (Å²) in [6, 6.07) is 15.6. The second kappa shape index (κ2) is 6.85. The molecule has 3 aromatic rings. The molecule has 1 amide bonds. The zero-order chi connectivity index (χ0) is 18.7. The average molecular weight is 352 g/mol. The molecule has 0 fully saturated rings. The number of non-ortho nitro benzene ring substituents is 1. The van der Waals surface area contributed by atoms with Crippen LogP contribution in [0.15, 0.2) is 60.7 Å². The van der Waals surface area contributed by atoms with Crippen LogP contribution in [0.4, 0.5) is 17.1 Å². The number of carbonyl (C=O) groups is 1. The first-order valence-corrected chi connectivity index (χ1v) is 7.44. The predicted molar refractivity (Wildman–Crippen MR) is 94.8 cm³/mol. The summed E-state index contributed by atoms with van der Waals surface area (Å²) in [6.45, 7) is 0. The van der Waals surface area contributed by atoms with Crippen molar-refractivity contribution in [3.8, 4) is 0 Å². The van der Waals surface area contributed by atoms with Crippen molar-refractivity contribution >= 4 is 33.7 Å². The van der Waals surface area contributed by atoms with E-state index in [1.165, 1.54) is 6.07 Å². The number of hydrogen-bond acceptors (Lipinski definition) is 6. The minimum absolute atomic E-state index is 0.0609. The maximum Gasteiger partial charge on any atom is 0.300 e. The van der Waals surface area contributed by atoms with Crippen LogP contribution in [0.25, 0.3) is 10.8 Å². The van der Waals surface area contributed by atoms with Crippen LogP contribution in [0.1, 0.15) is 10.4 Å². The summed E-state index contributed by atoms with van der Waals surface area (Å²) in [7, 11) is 0. The standard InChI is InChI=1S/C17H12N4O5/c22-17(14-7-3-5-11-4-1-2-6-13(11)14)19-18-15-9-8-12(20(23)24)10-16(15)21(25)26/h1-10,18H,(H,19,22). The number of amides is 1. The minimum atomic E-state index is -0.764. The van der Waals surface area contributed by atoms with Gasteiger partial charge < -0.3 is 0 Å². The van der Waals surface area contributed by atoms with Crippen molar-refractivity contribution < 1.29 is 14.6 Å². The monoisotopic (exact) mass is 352 g/mol. The van der Waals surface area contributed by atoms with E-state index in [1.807, 2.05) is 18.2 Å². The Morgan fingerprint density at radius 2 is 1.62 bits per heavy atom. The first kappa shape index (κ1) is 16.8. The Morgan fingerprint density at radius 3 is 2.35 bits per heavy atom. The Labute approximate surface area is 146 Å². The molecule has 26 heavy (non-hydrogen) atoms. The van der Waals surface area contributed by atoms with E-state index in [0.29, 0.717) is 5.56 Å². The highest BCUT2D eigenvalue weighted by Crippen LogP contribution is 2.28. The molecule has 3 aromatic carbocycles. The summed E-state index contributed by atoms with van der Waals surface area (Å²) < 4.78 is 0. The van der Waals surface area contributed by atoms with Crippen LogP contribution in [0.5, 0.6) is 0 Å². The normalized spacial score (nSPS) is 10.3. The first-order valence-electron chi connectivity index (χ1n) is 7.44. The van der Waals surface area contributed by atoms with Crippen LogP contribution in [-0.2, 0) is 0 Å². The molecule has 130 valence electrons. The molecule has 0 bridgehead atoms. The van der Waals surface area contributed by atoms with Crippen LogP contribution in [0.3, 0.4) is 0 Å². The van der Waals surface area contributed by atoms with E-state index < -0.39 is 27.1 Å². The van der Waals surface area contributed by atoms with Crippen LogP contribution < -0.4 is 10.9 Å². The van der Waals surface area contributed by atoms with Crippen LogP contribution in [-0.4, -0.2) is 15.8 Å². The first-order chi connectivity index (χ1) is 12.5. The fourth-order valence-corrected chi connectivity index (χ4v) is 2.51. The lowest BCUT2D eigenvalue weighted by Crippen LogP contribution is -2.29. The molecule has 3 rings (SSSR count). The van der Waals surface area contributed by atoms with E-state index in [0.717, 1.165) is 22.9 Å². The topological polar surface area (TPSA) is 127 Å². The molecule has 0 aliphatic carbocycles. The average Bonchev–Trinajstić information content (AvgIpc) is 2.65. The molecule has 0 atom stereocenters. The van der Waals surface area contributed by atoms with Crippen molar-refractivity contribution in [1.82, 2.24) is 5.43 Å². The highest BCUT2D eigenvalue weighted by atomic mass is 16.6. The number of nitrogens with zero attached hydrogens (tertiary/aromatic N) is 2. The lowest BCUT2D eigenvalue weighted by Gasteiger charge is -2.10. The van der Waals surface area contributed by atoms with Crippen LogP contribution >= 0.6 is 0 Å². The Morgan fingerprint density at radius 1 is 0.885 bits per heavy atom. The second-order valence-corrected chi connectivity index (χ2v) is 5.32. The molecular formula is C17H12N4O5. The Hall–Kier alpha value is -4.01. The van der Waals surface area contributed by atoms with E-state index in [-0.39, 0.29) is 5.69 Å². The van der Waals surface area contributed by atoms with E-state index in [2.05, 4.69) is 10.9 Å². The van der Waals surface area contributed by atoms with Gasteiger partial charge in [0.15, 0.2) is 0 Å². The number of benzene rings is 3. The summed E-state index contributed by atoms with van der Waals surface area (Å²) >= 11 is 0. The fraction of sp³-hybridized carbons (Fsp3) is 0. The van der Waals surface area contributed by atoms with Gasteiger partial charge in [0, 0.05) is 11.6 Å². The third-order valence-electron chi connectivity index (χ3n) is 3.73. The van der Waals surface area contributed by atoms with Crippen molar-refractivity contribution in [3.05, 3.63) is 86.5 Å². The van der Waals surface area contributed by atoms with Crippen molar-refractivity contribution in [2.75, 3.05) is 5.43 Å². The van der Waals surface area contributed by atoms with E-state index in [1.54, 1.807) is 24.3 Å². The smallest absolute Gasteiger partial charge is 0.292 e. The summed E-state index contributed by atoms with van der Waals surface area (Å²) in [6.07, 6.45) is 0. The largest absolute Gasteiger partial charge is 0.300 e. The molecule has 0 heterocycles. The number of fused-ring (bicyclic) bond motifs is 1. The maximum atomic E-state index is 12.4. The number of anilines is 1. The number of carbonyl (C=O) groups excluding carboxylic acids is 1. The minimum Gasteiger partial charge on any atom is -0.292 e. The van der Waals surface area contributed by atoms with Crippen molar-refractivity contribution in [1.29, 1.82) is 0 Å². The van der Waals surface area contributed by atoms with Gasteiger partial charge in [-0.1, -0.05) is 36.4 Å². The van der Waals surface area contributed by atoms with Crippen LogP contribution in [0, 0.1) is 20.2 Å². The number of nitro groups is 2. The van der Waals surface area contributed by atoms with Gasteiger partial charge in [-0.25, -0.2) is 0 Å². The zero-order valence-corrected chi connectivity index (χ0v) is 13.2. The van der Waals surface area contributed by atoms with Gasteiger partial charge in [0.05, 0.1) is 15.9 Å². The maximum absolute atomic E-state index is 12.4. The van der Waals surface area contributed by atoms with Gasteiger partial charge in [-0.3, -0.25) is 35.9 Å². The van der Waals surface area contributed by atoms with Gasteiger partial charge in [-0.15, -0.1) is 0 Å². The Balaban J connectivity index is 1.85. The van der Waals surface area contributed by atoms with E-state index >= 15 is 0 Å². The molecule has 0 saturated carbocycles. The highest BCUT2D eigenvalue weighted by Gasteiger charge is 2.20. The molecule has 2 N–H and O–H groups in total. The molecule has 0 saturated heterocycles. The van der Waals surface area contributed by atoms with Crippen LogP contribution in [0.2, 0.25) is 0 Å². The molecule has 9 nitrogen and oxygen atoms in total. The van der Waals surface area contributed by atoms with Gasteiger partial charge in [0.2, 0.25) is 0 Å². The van der Waals surface area contributed by atoms with Crippen molar-refractivity contribution in [2.24, 2.45) is 0 Å². The molecule has 0 unspecified atom stereocenters. The lowest BCUT2D eigenvalue weighted by molar-refractivity contribution is -0.393. The Bertz CT molecular complexity index is 1030. The molecule has 0 aliphatic heterocycles. The van der Waals surface area contributed by atoms with E-state index in [9.17, 15) is 25.0 Å². The van der Waals surface area contributed by atoms with Gasteiger partial charge in [-0.2, -0.15) is 0 Å². The Kier molecular flexibility index (Phi) is 4.44. The lowest BCUT2D eigenvalue weighted by atomic mass is 10.0. The van der Waals surface area contributed by atoms with Gasteiger partial charge in [0.25, 0.3) is 11.6 Å². The molecule has 0 radical (unpaired) electrons. The predicted octanol–water partition coefficient (Wildman–Crippen LogP) is 3.41. The zero-order valence-electron chi connectivity index (χ0n) is 13.2. The van der Waals surface area contributed by atoms with Gasteiger partial charge >= 0.3 is 5.69 Å². The third-order valence-corrected chi connectivity index (χ3v) is 3.73. The number of rotatable bonds is 5. The molecule has 0 spiro atoms. The SMILES string of the molecule is O=C(NNc1ccc([N+](=O)[O-])cc1[N+](=O)[O-])c1cccc2ccccc12. The molecular weight excluding hydrogens is 340 g/mol. The number of hydrazine groups is 1. The quantitative estimate of drug-likeness (QED) is 0.535. The number of nitrogens with one attached hydrogen (secondary N) is 2.